The molecule has 1 aliphatic rings. The van der Waals surface area contributed by atoms with Crippen LogP contribution in [0.5, 0.6) is 0 Å². The molecule has 0 aromatic heterocycles. The topological polar surface area (TPSA) is 33.5 Å². The molecule has 1 heterocycles. The summed E-state index contributed by atoms with van der Waals surface area (Å²) in [5.41, 5.74) is 2.83. The molecular formula is C20H22FN2O+. The molecule has 3 nitrogen and oxygen atoms in total. The summed E-state index contributed by atoms with van der Waals surface area (Å²) in [6, 6.07) is 16.4. The highest BCUT2D eigenvalue weighted by molar-refractivity contribution is 5.93. The Morgan fingerprint density at radius 2 is 1.83 bits per heavy atom. The average molecular weight is 325 g/mol. The summed E-state index contributed by atoms with van der Waals surface area (Å²) in [7, 11) is 0. The summed E-state index contributed by atoms with van der Waals surface area (Å²) < 4.78 is 13.7. The Morgan fingerprint density at radius 3 is 2.50 bits per heavy atom. The minimum absolute atomic E-state index is 0.147. The smallest absolute Gasteiger partial charge is 0.282 e. The van der Waals surface area contributed by atoms with Crippen molar-refractivity contribution >= 4 is 17.2 Å². The molecule has 2 atom stereocenters. The molecule has 0 spiro atoms. The molecule has 24 heavy (non-hydrogen) atoms. The van der Waals surface area contributed by atoms with E-state index in [1.54, 1.807) is 18.2 Å². The molecule has 4 heteroatoms. The van der Waals surface area contributed by atoms with E-state index < -0.39 is 5.82 Å². The van der Waals surface area contributed by atoms with Crippen molar-refractivity contribution < 1.29 is 14.1 Å². The normalized spacial score (nSPS) is 18.6. The lowest BCUT2D eigenvalue weighted by atomic mass is 9.99. The first-order chi connectivity index (χ1) is 11.6. The van der Waals surface area contributed by atoms with Crippen LogP contribution in [0, 0.1) is 5.82 Å². The van der Waals surface area contributed by atoms with Crippen molar-refractivity contribution in [1.82, 2.24) is 0 Å². The number of rotatable bonds is 4. The fourth-order valence-electron chi connectivity index (χ4n) is 3.05. The summed E-state index contributed by atoms with van der Waals surface area (Å²) in [5, 5.41) is 2.69. The van der Waals surface area contributed by atoms with Crippen LogP contribution < -0.4 is 10.2 Å². The van der Waals surface area contributed by atoms with Crippen molar-refractivity contribution in [2.75, 3.05) is 18.4 Å². The van der Waals surface area contributed by atoms with E-state index in [-0.39, 0.29) is 17.6 Å². The van der Waals surface area contributed by atoms with E-state index in [0.29, 0.717) is 0 Å². The van der Waals surface area contributed by atoms with Crippen LogP contribution in [0.1, 0.15) is 18.9 Å². The lowest BCUT2D eigenvalue weighted by molar-refractivity contribution is -0.909. The van der Waals surface area contributed by atoms with Crippen molar-refractivity contribution in [3.05, 3.63) is 72.1 Å². The minimum atomic E-state index is -0.405. The van der Waals surface area contributed by atoms with Crippen molar-refractivity contribution in [1.29, 1.82) is 0 Å². The van der Waals surface area contributed by atoms with Gasteiger partial charge in [0.2, 0.25) is 0 Å². The summed E-state index contributed by atoms with van der Waals surface area (Å²) in [6.45, 7) is 3.59. The fourth-order valence-corrected chi connectivity index (χ4v) is 3.05. The quantitative estimate of drug-likeness (QED) is 0.890. The van der Waals surface area contributed by atoms with Gasteiger partial charge in [0, 0.05) is 6.42 Å². The van der Waals surface area contributed by atoms with Crippen LogP contribution >= 0.6 is 0 Å². The van der Waals surface area contributed by atoms with E-state index in [9.17, 15) is 9.18 Å². The van der Waals surface area contributed by atoms with Gasteiger partial charge in [0.1, 0.15) is 5.82 Å². The van der Waals surface area contributed by atoms with Crippen molar-refractivity contribution in [2.24, 2.45) is 0 Å². The average Bonchev–Trinajstić information content (AvgIpc) is 2.64. The van der Waals surface area contributed by atoms with E-state index in [1.807, 2.05) is 25.1 Å². The molecule has 2 aromatic rings. The van der Waals surface area contributed by atoms with Crippen LogP contribution in [0.3, 0.4) is 0 Å². The van der Waals surface area contributed by atoms with Gasteiger partial charge in [-0.25, -0.2) is 4.39 Å². The lowest BCUT2D eigenvalue weighted by Gasteiger charge is -2.28. The highest BCUT2D eigenvalue weighted by Crippen LogP contribution is 2.18. The van der Waals surface area contributed by atoms with Gasteiger partial charge in [-0.05, 0) is 36.3 Å². The second-order valence-corrected chi connectivity index (χ2v) is 6.15. The highest BCUT2D eigenvalue weighted by atomic mass is 19.1. The molecular weight excluding hydrogens is 303 g/mol. The first kappa shape index (κ1) is 16.4. The van der Waals surface area contributed by atoms with Gasteiger partial charge in [-0.2, -0.15) is 0 Å². The summed E-state index contributed by atoms with van der Waals surface area (Å²) in [6.07, 6.45) is 3.15. The van der Waals surface area contributed by atoms with E-state index in [0.717, 1.165) is 19.5 Å². The Balaban J connectivity index is 1.62. The molecule has 2 aromatic carbocycles. The number of halogens is 1. The third kappa shape index (κ3) is 3.71. The molecule has 1 unspecified atom stereocenters. The number of benzene rings is 2. The van der Waals surface area contributed by atoms with Gasteiger partial charge in [0.05, 0.1) is 18.8 Å². The van der Waals surface area contributed by atoms with Crippen LogP contribution in [0.2, 0.25) is 0 Å². The fraction of sp³-hybridized carbons (Fsp3) is 0.250. The molecule has 124 valence electrons. The number of carbonyl (C=O) groups is 1. The first-order valence-corrected chi connectivity index (χ1v) is 8.29. The van der Waals surface area contributed by atoms with E-state index in [2.05, 4.69) is 23.5 Å². The Hall–Kier alpha value is -2.46. The third-order valence-corrected chi connectivity index (χ3v) is 4.61. The number of quaternary nitrogens is 1. The Kier molecular flexibility index (Phi) is 5.06. The lowest BCUT2D eigenvalue weighted by Crippen LogP contribution is -3.17. The SMILES string of the molecule is C[C@H](C(=O)Nc1ccccc1F)[NH+]1CC=C(c2ccccc2)CC1. The Bertz CT molecular complexity index is 742. The number of nitrogens with one attached hydrogen (secondary N) is 2. The molecule has 3 rings (SSSR count). The van der Waals surface area contributed by atoms with Crippen LogP contribution in [0.25, 0.3) is 5.57 Å². The maximum atomic E-state index is 13.7. The van der Waals surface area contributed by atoms with Gasteiger partial charge < -0.3 is 10.2 Å². The molecule has 0 aliphatic carbocycles. The molecule has 1 aliphatic heterocycles. The number of anilines is 1. The van der Waals surface area contributed by atoms with Gasteiger partial charge >= 0.3 is 0 Å². The molecule has 0 fully saturated rings. The maximum absolute atomic E-state index is 13.7. The number of hydrogen-bond donors (Lipinski definition) is 2. The van der Waals surface area contributed by atoms with Gasteiger partial charge in [0.25, 0.3) is 5.91 Å². The molecule has 0 saturated heterocycles. The summed E-state index contributed by atoms with van der Waals surface area (Å²) in [5.74, 6) is -0.551. The van der Waals surface area contributed by atoms with Crippen molar-refractivity contribution in [3.63, 3.8) is 0 Å². The maximum Gasteiger partial charge on any atom is 0.282 e. The Labute approximate surface area is 141 Å². The second kappa shape index (κ2) is 7.41. The number of hydrogen-bond acceptors (Lipinski definition) is 1. The van der Waals surface area contributed by atoms with Gasteiger partial charge in [-0.1, -0.05) is 42.5 Å². The number of para-hydroxylation sites is 1. The molecule has 1 amide bonds. The molecule has 2 N–H and O–H groups in total. The van der Waals surface area contributed by atoms with Gasteiger partial charge in [-0.15, -0.1) is 0 Å². The van der Waals surface area contributed by atoms with Crippen LogP contribution in [0.15, 0.2) is 60.7 Å². The van der Waals surface area contributed by atoms with E-state index >= 15 is 0 Å². The zero-order chi connectivity index (χ0) is 16.9. The van der Waals surface area contributed by atoms with E-state index in [4.69, 9.17) is 0 Å². The number of carbonyl (C=O) groups excluding carboxylic acids is 1. The third-order valence-electron chi connectivity index (χ3n) is 4.61. The van der Waals surface area contributed by atoms with Crippen LogP contribution in [0.4, 0.5) is 10.1 Å². The largest absolute Gasteiger partial charge is 0.321 e. The molecule has 0 bridgehead atoms. The predicted molar refractivity (Wildman–Crippen MR) is 94.2 cm³/mol. The van der Waals surface area contributed by atoms with Gasteiger partial charge in [-0.3, -0.25) is 4.79 Å². The zero-order valence-electron chi connectivity index (χ0n) is 13.8. The molecule has 0 saturated carbocycles. The first-order valence-electron chi connectivity index (χ1n) is 8.29. The molecule has 0 radical (unpaired) electrons. The van der Waals surface area contributed by atoms with Crippen molar-refractivity contribution in [3.8, 4) is 0 Å². The summed E-state index contributed by atoms with van der Waals surface area (Å²) >= 11 is 0. The zero-order valence-corrected chi connectivity index (χ0v) is 13.8. The highest BCUT2D eigenvalue weighted by Gasteiger charge is 2.27. The monoisotopic (exact) mass is 325 g/mol. The van der Waals surface area contributed by atoms with Crippen LogP contribution in [-0.2, 0) is 4.79 Å². The van der Waals surface area contributed by atoms with E-state index in [1.165, 1.54) is 22.1 Å². The Morgan fingerprint density at radius 1 is 1.12 bits per heavy atom. The second-order valence-electron chi connectivity index (χ2n) is 6.15. The standard InChI is InChI=1S/C20H21FN2O/c1-15(20(24)22-19-10-6-5-9-18(19)21)23-13-11-17(12-14-23)16-7-3-2-4-8-16/h2-11,15H,12-14H2,1H3,(H,22,24)/p+1/t15-/m1/s1. The minimum Gasteiger partial charge on any atom is -0.321 e. The predicted octanol–water partition coefficient (Wildman–Crippen LogP) is 2.52. The summed E-state index contributed by atoms with van der Waals surface area (Å²) in [4.78, 5) is 13.6. The van der Waals surface area contributed by atoms with Crippen LogP contribution in [-0.4, -0.2) is 25.0 Å². The number of amides is 1. The van der Waals surface area contributed by atoms with Gasteiger partial charge in [0.15, 0.2) is 6.04 Å². The van der Waals surface area contributed by atoms with Crippen molar-refractivity contribution in [2.45, 2.75) is 19.4 Å².